The van der Waals surface area contributed by atoms with E-state index in [0.29, 0.717) is 47.3 Å². The van der Waals surface area contributed by atoms with Gasteiger partial charge in [-0.25, -0.2) is 15.0 Å². The number of alkyl halides is 3. The molecule has 0 aliphatic heterocycles. The molecular formula is C20H17ClF3N7O. The van der Waals surface area contributed by atoms with Gasteiger partial charge in [-0.05, 0) is 18.9 Å². The maximum absolute atomic E-state index is 12.7. The first kappa shape index (κ1) is 21.8. The van der Waals surface area contributed by atoms with E-state index in [1.807, 2.05) is 11.4 Å². The first-order valence-electron chi connectivity index (χ1n) is 9.74. The number of fused-ring (bicyclic) bond motifs is 1. The van der Waals surface area contributed by atoms with E-state index in [1.165, 1.54) is 12.4 Å². The number of rotatable bonds is 5. The predicted molar refractivity (Wildman–Crippen MR) is 111 cm³/mol. The molecular weight excluding hydrogens is 447 g/mol. The molecule has 0 spiro atoms. The van der Waals surface area contributed by atoms with E-state index in [2.05, 4.69) is 25.3 Å². The van der Waals surface area contributed by atoms with Crippen LogP contribution in [-0.2, 0) is 4.79 Å². The number of aromatic amines is 1. The van der Waals surface area contributed by atoms with Gasteiger partial charge >= 0.3 is 6.18 Å². The maximum atomic E-state index is 12.7. The molecule has 4 rings (SSSR count). The Labute approximate surface area is 185 Å². The van der Waals surface area contributed by atoms with Gasteiger partial charge in [0.05, 0.1) is 22.5 Å². The van der Waals surface area contributed by atoms with Crippen LogP contribution in [0, 0.1) is 11.3 Å². The summed E-state index contributed by atoms with van der Waals surface area (Å²) in [5, 5.41) is 15.5. The van der Waals surface area contributed by atoms with Crippen LogP contribution in [0.1, 0.15) is 31.2 Å². The maximum Gasteiger partial charge on any atom is 0.405 e. The molecule has 3 N–H and O–H groups in total. The van der Waals surface area contributed by atoms with Crippen LogP contribution in [0.5, 0.6) is 0 Å². The molecule has 0 bridgehead atoms. The van der Waals surface area contributed by atoms with Crippen LogP contribution in [0.2, 0.25) is 5.02 Å². The number of pyridine rings is 1. The minimum Gasteiger partial charge on any atom is -0.345 e. The third kappa shape index (κ3) is 4.31. The number of nitriles is 1. The van der Waals surface area contributed by atoms with Crippen LogP contribution >= 0.6 is 11.6 Å². The highest BCUT2D eigenvalue weighted by molar-refractivity contribution is 6.31. The van der Waals surface area contributed by atoms with E-state index in [-0.39, 0.29) is 17.2 Å². The fourth-order valence-electron chi connectivity index (χ4n) is 3.85. The first-order chi connectivity index (χ1) is 15.2. The zero-order valence-corrected chi connectivity index (χ0v) is 17.3. The molecule has 166 valence electrons. The van der Waals surface area contributed by atoms with Crippen LogP contribution < -0.4 is 10.6 Å². The van der Waals surface area contributed by atoms with Crippen molar-refractivity contribution in [2.24, 2.45) is 0 Å². The van der Waals surface area contributed by atoms with Gasteiger partial charge in [0.25, 0.3) is 0 Å². The smallest absolute Gasteiger partial charge is 0.345 e. The molecule has 32 heavy (non-hydrogen) atoms. The van der Waals surface area contributed by atoms with Crippen molar-refractivity contribution in [1.29, 1.82) is 5.26 Å². The molecule has 0 saturated heterocycles. The van der Waals surface area contributed by atoms with Gasteiger partial charge in [0.2, 0.25) is 11.9 Å². The predicted octanol–water partition coefficient (Wildman–Crippen LogP) is 3.95. The molecule has 8 nitrogen and oxygen atoms in total. The lowest BCUT2D eigenvalue weighted by atomic mass is 9.96. The Kier molecular flexibility index (Phi) is 5.64. The molecule has 3 aromatic heterocycles. The number of anilines is 1. The van der Waals surface area contributed by atoms with Gasteiger partial charge in [-0.1, -0.05) is 24.4 Å². The van der Waals surface area contributed by atoms with E-state index in [9.17, 15) is 23.2 Å². The summed E-state index contributed by atoms with van der Waals surface area (Å²) in [6.07, 6.45) is 1.90. The Hall–Kier alpha value is -3.39. The highest BCUT2D eigenvalue weighted by Crippen LogP contribution is 2.35. The molecule has 1 fully saturated rings. The summed E-state index contributed by atoms with van der Waals surface area (Å²) < 4.78 is 37.8. The van der Waals surface area contributed by atoms with Gasteiger partial charge < -0.3 is 15.6 Å². The van der Waals surface area contributed by atoms with Crippen LogP contribution in [0.15, 0.2) is 24.7 Å². The second-order valence-electron chi connectivity index (χ2n) is 7.53. The Morgan fingerprint density at radius 2 is 2.03 bits per heavy atom. The summed E-state index contributed by atoms with van der Waals surface area (Å²) in [5.41, 5.74) is 0.295. The lowest BCUT2D eigenvalue weighted by Gasteiger charge is -2.29. The lowest BCUT2D eigenvalue weighted by Crippen LogP contribution is -2.52. The monoisotopic (exact) mass is 463 g/mol. The van der Waals surface area contributed by atoms with E-state index < -0.39 is 24.2 Å². The summed E-state index contributed by atoms with van der Waals surface area (Å²) in [4.78, 5) is 28.4. The molecule has 0 atom stereocenters. The standard InChI is InChI=1S/C20H17ClF3N7O/c21-12-5-13-14(9-27-16(13)26-8-12)15-11(6-25)7-28-18(30-15)31-19(3-1-2-4-19)17(32)29-10-20(22,23)24/h5,7-9H,1-4,10H2,(H,26,27)(H,29,32)(H,28,30,31). The van der Waals surface area contributed by atoms with Crippen LogP contribution in [-0.4, -0.2) is 44.1 Å². The van der Waals surface area contributed by atoms with Gasteiger partial charge in [-0.2, -0.15) is 18.4 Å². The molecule has 0 radical (unpaired) electrons. The minimum atomic E-state index is -4.52. The van der Waals surface area contributed by atoms with Crippen molar-refractivity contribution >= 4 is 34.5 Å². The van der Waals surface area contributed by atoms with Crippen molar-refractivity contribution in [3.8, 4) is 17.3 Å². The van der Waals surface area contributed by atoms with Crippen LogP contribution in [0.4, 0.5) is 19.1 Å². The van der Waals surface area contributed by atoms with Gasteiger partial charge in [0.15, 0.2) is 0 Å². The van der Waals surface area contributed by atoms with E-state index in [1.54, 1.807) is 12.3 Å². The SMILES string of the molecule is N#Cc1cnc(NC2(C(=O)NCC(F)(F)F)CCCC2)nc1-c1c[nH]c2ncc(Cl)cc12. The number of hydrogen-bond acceptors (Lipinski definition) is 6. The second-order valence-corrected chi connectivity index (χ2v) is 7.97. The number of nitrogens with zero attached hydrogens (tertiary/aromatic N) is 4. The minimum absolute atomic E-state index is 0.0346. The fourth-order valence-corrected chi connectivity index (χ4v) is 4.01. The van der Waals surface area contributed by atoms with Crippen molar-refractivity contribution < 1.29 is 18.0 Å². The molecule has 0 aromatic carbocycles. The summed E-state index contributed by atoms with van der Waals surface area (Å²) in [6.45, 7) is -1.42. The third-order valence-electron chi connectivity index (χ3n) is 5.35. The quantitative estimate of drug-likeness (QED) is 0.527. The number of carbonyl (C=O) groups is 1. The number of nitrogens with one attached hydrogen (secondary N) is 3. The molecule has 1 amide bonds. The van der Waals surface area contributed by atoms with Crippen molar-refractivity contribution in [3.63, 3.8) is 0 Å². The molecule has 1 saturated carbocycles. The Bertz CT molecular complexity index is 1210. The summed E-state index contributed by atoms with van der Waals surface area (Å²) in [5.74, 6) is -0.725. The van der Waals surface area contributed by atoms with Crippen molar-refractivity contribution in [3.05, 3.63) is 35.2 Å². The Balaban J connectivity index is 1.69. The van der Waals surface area contributed by atoms with Crippen molar-refractivity contribution in [2.75, 3.05) is 11.9 Å². The molecule has 3 heterocycles. The summed E-state index contributed by atoms with van der Waals surface area (Å²) in [6, 6.07) is 3.70. The molecule has 3 aromatic rings. The second kappa shape index (κ2) is 8.27. The number of carbonyl (C=O) groups excluding carboxylic acids is 1. The molecule has 1 aliphatic carbocycles. The van der Waals surface area contributed by atoms with Gasteiger partial charge in [-0.15, -0.1) is 0 Å². The summed E-state index contributed by atoms with van der Waals surface area (Å²) >= 11 is 6.06. The lowest BCUT2D eigenvalue weighted by molar-refractivity contribution is -0.141. The third-order valence-corrected chi connectivity index (χ3v) is 5.56. The van der Waals surface area contributed by atoms with Gasteiger partial charge in [-0.3, -0.25) is 4.79 Å². The van der Waals surface area contributed by atoms with Crippen LogP contribution in [0.25, 0.3) is 22.3 Å². The highest BCUT2D eigenvalue weighted by atomic mass is 35.5. The number of amides is 1. The average molecular weight is 464 g/mol. The topological polar surface area (TPSA) is 119 Å². The van der Waals surface area contributed by atoms with Crippen molar-refractivity contribution in [2.45, 2.75) is 37.4 Å². The first-order valence-corrected chi connectivity index (χ1v) is 10.1. The largest absolute Gasteiger partial charge is 0.405 e. The fraction of sp³-hybridized carbons (Fsp3) is 0.350. The van der Waals surface area contributed by atoms with Gasteiger partial charge in [0, 0.05) is 23.3 Å². The number of H-pyrrole nitrogens is 1. The van der Waals surface area contributed by atoms with E-state index in [0.717, 1.165) is 0 Å². The number of hydrogen-bond donors (Lipinski definition) is 3. The average Bonchev–Trinajstić information content (AvgIpc) is 3.39. The van der Waals surface area contributed by atoms with Crippen molar-refractivity contribution in [1.82, 2.24) is 25.3 Å². The zero-order chi connectivity index (χ0) is 22.9. The zero-order valence-electron chi connectivity index (χ0n) is 16.6. The molecule has 0 unspecified atom stereocenters. The normalized spacial score (nSPS) is 15.5. The molecule has 12 heteroatoms. The van der Waals surface area contributed by atoms with Gasteiger partial charge in [0.1, 0.15) is 23.8 Å². The van der Waals surface area contributed by atoms with E-state index >= 15 is 0 Å². The molecule has 1 aliphatic rings. The Morgan fingerprint density at radius 1 is 1.28 bits per heavy atom. The number of halogens is 4. The van der Waals surface area contributed by atoms with E-state index in [4.69, 9.17) is 11.6 Å². The highest BCUT2D eigenvalue weighted by Gasteiger charge is 2.43. The van der Waals surface area contributed by atoms with Crippen LogP contribution in [0.3, 0.4) is 0 Å². The number of aromatic nitrogens is 4. The Morgan fingerprint density at radius 3 is 2.72 bits per heavy atom. The summed E-state index contributed by atoms with van der Waals surface area (Å²) in [7, 11) is 0.